The van der Waals surface area contributed by atoms with Gasteiger partial charge in [0.1, 0.15) is 17.7 Å². The van der Waals surface area contributed by atoms with Crippen LogP contribution in [0.4, 0.5) is 10.2 Å². The lowest BCUT2D eigenvalue weighted by atomic mass is 9.85. The normalized spacial score (nSPS) is 22.0. The highest BCUT2D eigenvalue weighted by atomic mass is 32.2. The minimum atomic E-state index is -3.78. The van der Waals surface area contributed by atoms with Crippen LogP contribution in [0, 0.1) is 11.7 Å². The molecule has 3 aromatic rings. The quantitative estimate of drug-likeness (QED) is 0.338. The summed E-state index contributed by atoms with van der Waals surface area (Å²) in [5.41, 5.74) is 1.48. The molecule has 1 unspecified atom stereocenters. The number of carbonyl (C=O) groups is 2. The second kappa shape index (κ2) is 12.7. The molecule has 1 aromatic heterocycles. The molecule has 42 heavy (non-hydrogen) atoms. The van der Waals surface area contributed by atoms with Gasteiger partial charge in [0, 0.05) is 37.0 Å². The summed E-state index contributed by atoms with van der Waals surface area (Å²) in [5.74, 6) is -0.213. The van der Waals surface area contributed by atoms with Crippen LogP contribution in [0.15, 0.2) is 59.5 Å². The van der Waals surface area contributed by atoms with Crippen LogP contribution in [0.2, 0.25) is 0 Å². The lowest BCUT2D eigenvalue weighted by Crippen LogP contribution is -2.54. The summed E-state index contributed by atoms with van der Waals surface area (Å²) < 4.78 is 47.3. The number of carbonyl (C=O) groups excluding carboxylic acids is 2. The molecule has 3 N–H and O–H groups in total. The number of amides is 1. The van der Waals surface area contributed by atoms with Gasteiger partial charge in [0.15, 0.2) is 0 Å². The van der Waals surface area contributed by atoms with Crippen LogP contribution < -0.4 is 20.3 Å². The number of piperazine rings is 1. The Kier molecular flexibility index (Phi) is 9.05. The van der Waals surface area contributed by atoms with Gasteiger partial charge >= 0.3 is 5.97 Å². The number of methoxy groups -OCH3 is 1. The number of fused-ring (bicyclic) bond motifs is 1. The molecule has 0 radical (unpaired) electrons. The Morgan fingerprint density at radius 3 is 2.52 bits per heavy atom. The van der Waals surface area contributed by atoms with E-state index < -0.39 is 16.1 Å². The van der Waals surface area contributed by atoms with Gasteiger partial charge in [-0.15, -0.1) is 0 Å². The van der Waals surface area contributed by atoms with E-state index in [0.29, 0.717) is 62.0 Å². The smallest absolute Gasteiger partial charge is 0.324 e. The zero-order chi connectivity index (χ0) is 29.9. The van der Waals surface area contributed by atoms with E-state index in [9.17, 15) is 22.4 Å². The maximum absolute atomic E-state index is 13.2. The molecule has 2 aliphatic rings. The van der Waals surface area contributed by atoms with Crippen molar-refractivity contribution in [3.63, 3.8) is 0 Å². The van der Waals surface area contributed by atoms with E-state index in [-0.39, 0.29) is 40.6 Å². The number of anilines is 1. The molecule has 1 saturated heterocycles. The maximum Gasteiger partial charge on any atom is 0.324 e. The van der Waals surface area contributed by atoms with E-state index in [4.69, 9.17) is 9.72 Å². The fourth-order valence-corrected chi connectivity index (χ4v) is 6.96. The van der Waals surface area contributed by atoms with Crippen molar-refractivity contribution in [2.75, 3.05) is 31.6 Å². The fourth-order valence-electron chi connectivity index (χ4n) is 5.62. The molecule has 2 aromatic carbocycles. The van der Waals surface area contributed by atoms with E-state index in [0.717, 1.165) is 5.56 Å². The van der Waals surface area contributed by atoms with Crippen LogP contribution in [0.25, 0.3) is 10.9 Å². The lowest BCUT2D eigenvalue weighted by Gasteiger charge is -2.33. The van der Waals surface area contributed by atoms with Crippen molar-refractivity contribution in [3.8, 4) is 0 Å². The second-order valence-corrected chi connectivity index (χ2v) is 12.7. The van der Waals surface area contributed by atoms with Gasteiger partial charge in [-0.05, 0) is 80.6 Å². The molecule has 2 fully saturated rings. The number of nitrogens with zero attached hydrogens (tertiary/aromatic N) is 2. The minimum absolute atomic E-state index is 0.0730. The monoisotopic (exact) mass is 597 g/mol. The summed E-state index contributed by atoms with van der Waals surface area (Å²) in [6.45, 7) is 3.58. The Morgan fingerprint density at radius 1 is 1.07 bits per heavy atom. The molecule has 224 valence electrons. The number of pyridine rings is 1. The van der Waals surface area contributed by atoms with Gasteiger partial charge in [0.05, 0.1) is 23.6 Å². The predicted molar refractivity (Wildman–Crippen MR) is 157 cm³/mol. The third kappa shape index (κ3) is 6.88. The van der Waals surface area contributed by atoms with Gasteiger partial charge in [-0.3, -0.25) is 9.59 Å². The van der Waals surface area contributed by atoms with Gasteiger partial charge < -0.3 is 20.3 Å². The first-order valence-electron chi connectivity index (χ1n) is 14.2. The van der Waals surface area contributed by atoms with Crippen LogP contribution in [-0.2, 0) is 24.3 Å². The topological polar surface area (TPSA) is 130 Å². The van der Waals surface area contributed by atoms with Gasteiger partial charge in [-0.2, -0.15) is 0 Å². The van der Waals surface area contributed by atoms with E-state index in [2.05, 4.69) is 15.4 Å². The number of hydrogen-bond donors (Lipinski definition) is 3. The van der Waals surface area contributed by atoms with Gasteiger partial charge in [0.2, 0.25) is 15.9 Å². The maximum atomic E-state index is 13.2. The Balaban J connectivity index is 1.17. The van der Waals surface area contributed by atoms with Crippen molar-refractivity contribution in [3.05, 3.63) is 66.0 Å². The summed E-state index contributed by atoms with van der Waals surface area (Å²) >= 11 is 0. The number of esters is 1. The number of ether oxygens (including phenoxy) is 1. The van der Waals surface area contributed by atoms with Crippen molar-refractivity contribution in [2.45, 2.75) is 55.6 Å². The molecule has 1 amide bonds. The van der Waals surface area contributed by atoms with Crippen LogP contribution in [-0.4, -0.2) is 64.1 Å². The lowest BCUT2D eigenvalue weighted by molar-refractivity contribution is -0.143. The predicted octanol–water partition coefficient (Wildman–Crippen LogP) is 3.04. The number of benzene rings is 2. The fraction of sp³-hybridized carbons (Fsp3) is 0.433. The molecule has 12 heteroatoms. The van der Waals surface area contributed by atoms with Crippen LogP contribution >= 0.6 is 0 Å². The van der Waals surface area contributed by atoms with E-state index in [1.807, 2.05) is 24.0 Å². The largest absolute Gasteiger partial charge is 0.468 e. The average Bonchev–Trinajstić information content (AvgIpc) is 3.00. The highest BCUT2D eigenvalue weighted by Crippen LogP contribution is 2.28. The number of hydrogen-bond acceptors (Lipinski definition) is 8. The molecular formula is C30H36FN5O5S. The molecule has 10 nitrogen and oxygen atoms in total. The summed E-state index contributed by atoms with van der Waals surface area (Å²) in [6.07, 6.45) is 2.25. The highest BCUT2D eigenvalue weighted by Gasteiger charge is 2.30. The Bertz CT molecular complexity index is 1540. The molecule has 5 rings (SSSR count). The van der Waals surface area contributed by atoms with E-state index >= 15 is 0 Å². The summed E-state index contributed by atoms with van der Waals surface area (Å²) in [6, 6.07) is 13.6. The summed E-state index contributed by atoms with van der Waals surface area (Å²) in [7, 11) is -2.41. The van der Waals surface area contributed by atoms with Crippen molar-refractivity contribution < 1.29 is 27.1 Å². The average molecular weight is 598 g/mol. The highest BCUT2D eigenvalue weighted by molar-refractivity contribution is 7.89. The van der Waals surface area contributed by atoms with E-state index in [1.165, 1.54) is 19.2 Å². The van der Waals surface area contributed by atoms with Gasteiger partial charge in [-0.1, -0.05) is 12.1 Å². The van der Waals surface area contributed by atoms with Crippen molar-refractivity contribution in [1.29, 1.82) is 0 Å². The standard InChI is InChI=1S/C30H36FN5O5S/c1-19(20-3-8-23(31)9-4-20)33-29(37)21-5-10-24(11-6-21)35-42(39,40)25-12-13-26-22(17-25)7-14-28(34-26)36-16-15-32-27(18-36)30(38)41-2/h3-4,7-9,12-14,17,19,21,24,27,32,35H,5-6,10-11,15-16,18H2,1-2H3,(H,33,37)/t19-,21?,24?,27?/m1/s1. The molecule has 2 atom stereocenters. The SMILES string of the molecule is COC(=O)C1CN(c2ccc3cc(S(=O)(=O)NC4CCC(C(=O)N[C@H](C)c5ccc(F)cc5)CC4)ccc3n2)CCN1. The van der Waals surface area contributed by atoms with Crippen molar-refractivity contribution in [1.82, 2.24) is 20.3 Å². The molecular weight excluding hydrogens is 561 g/mol. The first-order valence-corrected chi connectivity index (χ1v) is 15.7. The first kappa shape index (κ1) is 29.9. The zero-order valence-electron chi connectivity index (χ0n) is 23.7. The Hall–Kier alpha value is -3.61. The molecule has 0 spiro atoms. The van der Waals surface area contributed by atoms with Crippen LogP contribution in [0.1, 0.15) is 44.2 Å². The van der Waals surface area contributed by atoms with Crippen molar-refractivity contribution in [2.24, 2.45) is 5.92 Å². The molecule has 1 aliphatic carbocycles. The van der Waals surface area contributed by atoms with E-state index in [1.54, 1.807) is 30.3 Å². The second-order valence-electron chi connectivity index (χ2n) is 11.0. The van der Waals surface area contributed by atoms with Crippen LogP contribution in [0.3, 0.4) is 0 Å². The van der Waals surface area contributed by atoms with Gasteiger partial charge in [0.25, 0.3) is 0 Å². The Labute approximate surface area is 245 Å². The molecule has 2 heterocycles. The van der Waals surface area contributed by atoms with Crippen molar-refractivity contribution >= 4 is 38.6 Å². The zero-order valence-corrected chi connectivity index (χ0v) is 24.5. The molecule has 1 aliphatic heterocycles. The van der Waals surface area contributed by atoms with Gasteiger partial charge in [-0.25, -0.2) is 22.5 Å². The third-order valence-corrected chi connectivity index (χ3v) is 9.61. The number of rotatable bonds is 8. The summed E-state index contributed by atoms with van der Waals surface area (Å²) in [4.78, 5) is 31.6. The number of halogens is 1. The first-order chi connectivity index (χ1) is 20.1. The third-order valence-electron chi connectivity index (χ3n) is 8.09. The minimum Gasteiger partial charge on any atom is -0.468 e. The summed E-state index contributed by atoms with van der Waals surface area (Å²) in [5, 5.41) is 6.82. The molecule has 0 bridgehead atoms. The molecule has 1 saturated carbocycles. The van der Waals surface area contributed by atoms with Crippen LogP contribution in [0.5, 0.6) is 0 Å². The Morgan fingerprint density at radius 2 is 1.81 bits per heavy atom. The number of nitrogens with one attached hydrogen (secondary N) is 3. The number of aromatic nitrogens is 1. The number of sulfonamides is 1.